The second kappa shape index (κ2) is 9.87. The van der Waals surface area contributed by atoms with Gasteiger partial charge >= 0.3 is 0 Å². The van der Waals surface area contributed by atoms with Crippen molar-refractivity contribution in [2.75, 3.05) is 11.9 Å². The third-order valence-electron chi connectivity index (χ3n) is 3.85. The van der Waals surface area contributed by atoms with Gasteiger partial charge in [0.25, 0.3) is 5.91 Å². The van der Waals surface area contributed by atoms with Gasteiger partial charge in [-0.25, -0.2) is 9.82 Å². The van der Waals surface area contributed by atoms with Crippen LogP contribution in [-0.2, 0) is 11.4 Å². The number of amides is 1. The first-order valence-corrected chi connectivity index (χ1v) is 8.78. The Hall–Kier alpha value is -3.67. The van der Waals surface area contributed by atoms with Gasteiger partial charge in [0.05, 0.1) is 12.8 Å². The smallest absolute Gasteiger partial charge is 0.259 e. The first kappa shape index (κ1) is 19.1. The molecule has 3 aromatic carbocycles. The van der Waals surface area contributed by atoms with Crippen LogP contribution >= 0.6 is 0 Å². The van der Waals surface area contributed by atoms with Crippen molar-refractivity contribution < 1.29 is 13.9 Å². The number of hydrogen-bond donors (Lipinski definition) is 2. The maximum atomic E-state index is 12.9. The molecule has 2 N–H and O–H groups in total. The molecule has 0 heterocycles. The van der Waals surface area contributed by atoms with Crippen molar-refractivity contribution in [2.24, 2.45) is 5.10 Å². The molecule has 0 bridgehead atoms. The van der Waals surface area contributed by atoms with Gasteiger partial charge in [-0.15, -0.1) is 0 Å². The lowest BCUT2D eigenvalue weighted by atomic mass is 10.2. The van der Waals surface area contributed by atoms with E-state index in [9.17, 15) is 9.18 Å². The van der Waals surface area contributed by atoms with Crippen LogP contribution in [-0.4, -0.2) is 18.7 Å². The van der Waals surface area contributed by atoms with Crippen LogP contribution in [0, 0.1) is 5.82 Å². The Labute approximate surface area is 162 Å². The monoisotopic (exact) mass is 377 g/mol. The van der Waals surface area contributed by atoms with Crippen LogP contribution in [0.5, 0.6) is 5.75 Å². The van der Waals surface area contributed by atoms with Crippen molar-refractivity contribution in [1.82, 2.24) is 5.43 Å². The van der Waals surface area contributed by atoms with Gasteiger partial charge in [-0.05, 0) is 42.0 Å². The molecule has 6 heteroatoms. The molecular weight excluding hydrogens is 357 g/mol. The minimum Gasteiger partial charge on any atom is -0.488 e. The van der Waals surface area contributed by atoms with E-state index in [1.807, 2.05) is 54.6 Å². The molecule has 0 radical (unpaired) electrons. The normalized spacial score (nSPS) is 10.6. The van der Waals surface area contributed by atoms with Gasteiger partial charge in [-0.2, -0.15) is 5.10 Å². The number of hydrazone groups is 1. The number of nitrogens with one attached hydrogen (secondary N) is 2. The van der Waals surface area contributed by atoms with Crippen LogP contribution in [0.1, 0.15) is 11.1 Å². The largest absolute Gasteiger partial charge is 0.488 e. The number of para-hydroxylation sites is 1. The molecule has 0 unspecified atom stereocenters. The number of rotatable bonds is 8. The molecule has 142 valence electrons. The lowest BCUT2D eigenvalue weighted by Gasteiger charge is -2.09. The summed E-state index contributed by atoms with van der Waals surface area (Å²) in [5.74, 6) is 0.0322. The van der Waals surface area contributed by atoms with Crippen LogP contribution in [0.15, 0.2) is 84.0 Å². The Bertz CT molecular complexity index is 928. The van der Waals surface area contributed by atoms with Crippen LogP contribution in [0.3, 0.4) is 0 Å². The molecule has 5 nitrogen and oxygen atoms in total. The molecule has 1 amide bonds. The third-order valence-corrected chi connectivity index (χ3v) is 3.85. The number of hydrogen-bond acceptors (Lipinski definition) is 4. The highest BCUT2D eigenvalue weighted by Crippen LogP contribution is 2.17. The Balaban J connectivity index is 1.50. The number of benzene rings is 3. The second-order valence-electron chi connectivity index (χ2n) is 5.97. The molecule has 0 fully saturated rings. The summed E-state index contributed by atoms with van der Waals surface area (Å²) in [7, 11) is 0. The molecule has 0 spiro atoms. The Morgan fingerprint density at radius 2 is 1.68 bits per heavy atom. The standard InChI is InChI=1S/C22H20FN3O2/c23-19-10-12-20(13-11-19)24-15-22(27)26-25-14-18-8-4-5-9-21(18)28-16-17-6-2-1-3-7-17/h1-14,24H,15-16H2,(H,26,27)/b25-14-. The zero-order valence-corrected chi connectivity index (χ0v) is 15.1. The fraction of sp³-hybridized carbons (Fsp3) is 0.0909. The quantitative estimate of drug-likeness (QED) is 0.461. The summed E-state index contributed by atoms with van der Waals surface area (Å²) in [6.45, 7) is 0.467. The summed E-state index contributed by atoms with van der Waals surface area (Å²) >= 11 is 0. The topological polar surface area (TPSA) is 62.7 Å². The minimum atomic E-state index is -0.326. The highest BCUT2D eigenvalue weighted by molar-refractivity contribution is 5.86. The maximum absolute atomic E-state index is 12.9. The van der Waals surface area contributed by atoms with E-state index in [0.29, 0.717) is 18.0 Å². The van der Waals surface area contributed by atoms with E-state index in [-0.39, 0.29) is 18.3 Å². The van der Waals surface area contributed by atoms with E-state index in [1.54, 1.807) is 12.1 Å². The highest BCUT2D eigenvalue weighted by Gasteiger charge is 2.03. The van der Waals surface area contributed by atoms with E-state index in [1.165, 1.54) is 18.3 Å². The van der Waals surface area contributed by atoms with Gasteiger partial charge in [0, 0.05) is 11.3 Å². The molecule has 0 atom stereocenters. The summed E-state index contributed by atoms with van der Waals surface area (Å²) in [6.07, 6.45) is 1.54. The number of carbonyl (C=O) groups excluding carboxylic acids is 1. The SMILES string of the molecule is O=C(CNc1ccc(F)cc1)N/N=C\c1ccccc1OCc1ccccc1. The van der Waals surface area contributed by atoms with E-state index in [0.717, 1.165) is 11.1 Å². The second-order valence-corrected chi connectivity index (χ2v) is 5.97. The lowest BCUT2D eigenvalue weighted by molar-refractivity contribution is -0.119. The first-order chi connectivity index (χ1) is 13.7. The van der Waals surface area contributed by atoms with Gasteiger partial charge in [0.1, 0.15) is 18.2 Å². The zero-order valence-electron chi connectivity index (χ0n) is 15.1. The summed E-state index contributed by atoms with van der Waals surface area (Å²) in [5.41, 5.74) is 4.92. The van der Waals surface area contributed by atoms with E-state index < -0.39 is 0 Å². The van der Waals surface area contributed by atoms with Gasteiger partial charge in [-0.1, -0.05) is 42.5 Å². The first-order valence-electron chi connectivity index (χ1n) is 8.78. The summed E-state index contributed by atoms with van der Waals surface area (Å²) in [6, 6.07) is 23.1. The molecular formula is C22H20FN3O2. The molecule has 0 saturated heterocycles. The average molecular weight is 377 g/mol. The Morgan fingerprint density at radius 3 is 2.46 bits per heavy atom. The zero-order chi connectivity index (χ0) is 19.6. The van der Waals surface area contributed by atoms with Gasteiger partial charge in [0.2, 0.25) is 0 Å². The Kier molecular flexibility index (Phi) is 6.73. The highest BCUT2D eigenvalue weighted by atomic mass is 19.1. The summed E-state index contributed by atoms with van der Waals surface area (Å²) in [5, 5.41) is 6.87. The fourth-order valence-electron chi connectivity index (χ4n) is 2.42. The van der Waals surface area contributed by atoms with Crippen molar-refractivity contribution in [1.29, 1.82) is 0 Å². The average Bonchev–Trinajstić information content (AvgIpc) is 2.73. The fourth-order valence-corrected chi connectivity index (χ4v) is 2.42. The molecule has 3 rings (SSSR count). The number of carbonyl (C=O) groups is 1. The lowest BCUT2D eigenvalue weighted by Crippen LogP contribution is -2.25. The van der Waals surface area contributed by atoms with E-state index in [4.69, 9.17) is 4.74 Å². The molecule has 0 saturated carbocycles. The maximum Gasteiger partial charge on any atom is 0.259 e. The van der Waals surface area contributed by atoms with Crippen LogP contribution in [0.2, 0.25) is 0 Å². The molecule has 3 aromatic rings. The summed E-state index contributed by atoms with van der Waals surface area (Å²) in [4.78, 5) is 11.9. The van der Waals surface area contributed by atoms with Crippen molar-refractivity contribution >= 4 is 17.8 Å². The number of halogens is 1. The summed E-state index contributed by atoms with van der Waals surface area (Å²) < 4.78 is 18.7. The molecule has 0 aliphatic heterocycles. The minimum absolute atomic E-state index is 0.0229. The van der Waals surface area contributed by atoms with Crippen LogP contribution in [0.4, 0.5) is 10.1 Å². The molecule has 0 aromatic heterocycles. The predicted octanol–water partition coefficient (Wildman–Crippen LogP) is 3.97. The number of nitrogens with zero attached hydrogens (tertiary/aromatic N) is 1. The number of ether oxygens (including phenoxy) is 1. The Morgan fingerprint density at radius 1 is 0.964 bits per heavy atom. The molecule has 0 aliphatic rings. The van der Waals surface area contributed by atoms with Crippen LogP contribution < -0.4 is 15.5 Å². The third kappa shape index (κ3) is 5.95. The van der Waals surface area contributed by atoms with E-state index in [2.05, 4.69) is 15.8 Å². The van der Waals surface area contributed by atoms with Crippen molar-refractivity contribution in [2.45, 2.75) is 6.61 Å². The molecule has 28 heavy (non-hydrogen) atoms. The van der Waals surface area contributed by atoms with Gasteiger partial charge in [-0.3, -0.25) is 4.79 Å². The van der Waals surface area contributed by atoms with Crippen molar-refractivity contribution in [3.05, 3.63) is 95.8 Å². The number of anilines is 1. The van der Waals surface area contributed by atoms with Gasteiger partial charge < -0.3 is 10.1 Å². The molecule has 0 aliphatic carbocycles. The van der Waals surface area contributed by atoms with Crippen LogP contribution in [0.25, 0.3) is 0 Å². The van der Waals surface area contributed by atoms with E-state index >= 15 is 0 Å². The van der Waals surface area contributed by atoms with Crippen molar-refractivity contribution in [3.8, 4) is 5.75 Å². The predicted molar refractivity (Wildman–Crippen MR) is 108 cm³/mol. The van der Waals surface area contributed by atoms with Gasteiger partial charge in [0.15, 0.2) is 0 Å². The van der Waals surface area contributed by atoms with Crippen molar-refractivity contribution in [3.63, 3.8) is 0 Å².